The number of rotatable bonds is 7. The average Bonchev–Trinajstić information content (AvgIpc) is 3.15. The maximum Gasteiger partial charge on any atom is 0.331 e. The Kier molecular flexibility index (Phi) is 4.99. The van der Waals surface area contributed by atoms with E-state index in [0.717, 1.165) is 24.8 Å². The Morgan fingerprint density at radius 2 is 1.90 bits per heavy atom. The molecule has 1 aromatic carbocycles. The maximum absolute atomic E-state index is 13.2. The van der Waals surface area contributed by atoms with Crippen molar-refractivity contribution < 1.29 is 0 Å². The SMILES string of the molecule is O=c1c2ccncc2n(CCC2CCC2)c(=O)n1CCCc1c[nH]c2ccccc12. The molecule has 1 N–H and O–H groups in total. The molecule has 0 bridgehead atoms. The number of nitrogens with zero attached hydrogens (tertiary/aromatic N) is 3. The van der Waals surface area contributed by atoms with Crippen LogP contribution in [-0.2, 0) is 19.5 Å². The van der Waals surface area contributed by atoms with Crippen LogP contribution < -0.4 is 11.2 Å². The number of aryl methyl sites for hydroxylation is 2. The number of hydrogen-bond acceptors (Lipinski definition) is 3. The van der Waals surface area contributed by atoms with Crippen LogP contribution in [0.3, 0.4) is 0 Å². The first-order valence-electron chi connectivity index (χ1n) is 10.8. The van der Waals surface area contributed by atoms with E-state index in [1.54, 1.807) is 23.0 Å². The first kappa shape index (κ1) is 18.9. The minimum atomic E-state index is -0.212. The van der Waals surface area contributed by atoms with E-state index in [1.807, 2.05) is 18.3 Å². The molecule has 1 saturated carbocycles. The Bertz CT molecular complexity index is 1310. The minimum Gasteiger partial charge on any atom is -0.361 e. The predicted octanol–water partition coefficient (Wildman–Crippen LogP) is 3.86. The number of benzene rings is 1. The monoisotopic (exact) mass is 402 g/mol. The van der Waals surface area contributed by atoms with Crippen LogP contribution in [0, 0.1) is 5.92 Å². The molecule has 6 nitrogen and oxygen atoms in total. The van der Waals surface area contributed by atoms with Crippen molar-refractivity contribution in [1.29, 1.82) is 0 Å². The van der Waals surface area contributed by atoms with Gasteiger partial charge in [0, 0.05) is 36.4 Å². The second-order valence-electron chi connectivity index (χ2n) is 8.33. The summed E-state index contributed by atoms with van der Waals surface area (Å²) in [7, 11) is 0. The van der Waals surface area contributed by atoms with E-state index < -0.39 is 0 Å². The summed E-state index contributed by atoms with van der Waals surface area (Å²) in [5, 5.41) is 1.78. The van der Waals surface area contributed by atoms with Gasteiger partial charge in [-0.05, 0) is 42.9 Å². The Morgan fingerprint density at radius 1 is 1.03 bits per heavy atom. The summed E-state index contributed by atoms with van der Waals surface area (Å²) in [5.41, 5.74) is 2.56. The van der Waals surface area contributed by atoms with Gasteiger partial charge in [-0.25, -0.2) is 4.79 Å². The van der Waals surface area contributed by atoms with Gasteiger partial charge in [0.05, 0.1) is 17.1 Å². The van der Waals surface area contributed by atoms with Crippen molar-refractivity contribution >= 4 is 21.8 Å². The molecule has 1 aliphatic rings. The van der Waals surface area contributed by atoms with E-state index >= 15 is 0 Å². The van der Waals surface area contributed by atoms with Gasteiger partial charge in [-0.15, -0.1) is 0 Å². The molecular formula is C24H26N4O2. The highest BCUT2D eigenvalue weighted by atomic mass is 16.2. The molecule has 0 spiro atoms. The lowest BCUT2D eigenvalue weighted by molar-refractivity contribution is 0.281. The smallest absolute Gasteiger partial charge is 0.331 e. The zero-order valence-electron chi connectivity index (χ0n) is 17.0. The van der Waals surface area contributed by atoms with Crippen molar-refractivity contribution in [3.05, 3.63) is 75.3 Å². The molecule has 0 saturated heterocycles. The van der Waals surface area contributed by atoms with Crippen LogP contribution >= 0.6 is 0 Å². The number of aromatic nitrogens is 4. The topological polar surface area (TPSA) is 72.7 Å². The lowest BCUT2D eigenvalue weighted by Crippen LogP contribution is -2.40. The van der Waals surface area contributed by atoms with Crippen molar-refractivity contribution in [2.24, 2.45) is 5.92 Å². The van der Waals surface area contributed by atoms with Gasteiger partial charge in [0.2, 0.25) is 0 Å². The summed E-state index contributed by atoms with van der Waals surface area (Å²) in [5.74, 6) is 0.700. The normalized spacial score (nSPS) is 14.4. The van der Waals surface area contributed by atoms with E-state index in [2.05, 4.69) is 22.1 Å². The molecule has 1 aliphatic carbocycles. The summed E-state index contributed by atoms with van der Waals surface area (Å²) in [4.78, 5) is 33.7. The third kappa shape index (κ3) is 3.36. The van der Waals surface area contributed by atoms with Crippen molar-refractivity contribution in [3.63, 3.8) is 0 Å². The van der Waals surface area contributed by atoms with Gasteiger partial charge in [0.1, 0.15) is 0 Å². The largest absolute Gasteiger partial charge is 0.361 e. The number of fused-ring (bicyclic) bond motifs is 2. The van der Waals surface area contributed by atoms with Crippen molar-refractivity contribution in [2.75, 3.05) is 0 Å². The Morgan fingerprint density at radius 3 is 2.73 bits per heavy atom. The molecule has 1 fully saturated rings. The van der Waals surface area contributed by atoms with Gasteiger partial charge in [-0.2, -0.15) is 0 Å². The molecular weight excluding hydrogens is 376 g/mol. The van der Waals surface area contributed by atoms with E-state index in [1.165, 1.54) is 34.8 Å². The minimum absolute atomic E-state index is 0.209. The fourth-order valence-electron chi connectivity index (χ4n) is 4.54. The maximum atomic E-state index is 13.2. The van der Waals surface area contributed by atoms with Crippen molar-refractivity contribution in [2.45, 2.75) is 51.6 Å². The van der Waals surface area contributed by atoms with Crippen LogP contribution in [-0.4, -0.2) is 19.1 Å². The van der Waals surface area contributed by atoms with Gasteiger partial charge < -0.3 is 4.98 Å². The number of para-hydroxylation sites is 1. The highest BCUT2D eigenvalue weighted by Gasteiger charge is 2.19. The molecule has 4 aromatic rings. The van der Waals surface area contributed by atoms with E-state index in [0.29, 0.717) is 29.9 Å². The fraction of sp³-hybridized carbons (Fsp3) is 0.375. The summed E-state index contributed by atoms with van der Waals surface area (Å²) in [6, 6.07) is 9.93. The zero-order valence-corrected chi connectivity index (χ0v) is 17.0. The van der Waals surface area contributed by atoms with Crippen molar-refractivity contribution in [1.82, 2.24) is 19.1 Å². The van der Waals surface area contributed by atoms with Gasteiger partial charge in [-0.1, -0.05) is 37.5 Å². The lowest BCUT2D eigenvalue weighted by Gasteiger charge is -2.25. The molecule has 0 unspecified atom stereocenters. The fourth-order valence-corrected chi connectivity index (χ4v) is 4.54. The highest BCUT2D eigenvalue weighted by molar-refractivity contribution is 5.83. The second kappa shape index (κ2) is 7.94. The summed E-state index contributed by atoms with van der Waals surface area (Å²) >= 11 is 0. The van der Waals surface area contributed by atoms with Crippen LogP contribution in [0.4, 0.5) is 0 Å². The number of nitrogens with one attached hydrogen (secondary N) is 1. The van der Waals surface area contributed by atoms with Gasteiger partial charge in [0.25, 0.3) is 5.56 Å². The summed E-state index contributed by atoms with van der Waals surface area (Å²) < 4.78 is 3.17. The van der Waals surface area contributed by atoms with Gasteiger partial charge in [-0.3, -0.25) is 18.9 Å². The molecule has 3 heterocycles. The Hall–Kier alpha value is -3.15. The number of pyridine rings is 1. The van der Waals surface area contributed by atoms with Gasteiger partial charge in [0.15, 0.2) is 0 Å². The molecule has 30 heavy (non-hydrogen) atoms. The third-order valence-electron chi connectivity index (χ3n) is 6.52. The Balaban J connectivity index is 1.43. The first-order chi connectivity index (χ1) is 14.7. The number of H-pyrrole nitrogens is 1. The van der Waals surface area contributed by atoms with E-state index in [9.17, 15) is 9.59 Å². The van der Waals surface area contributed by atoms with E-state index in [-0.39, 0.29) is 11.2 Å². The van der Waals surface area contributed by atoms with Gasteiger partial charge >= 0.3 is 5.69 Å². The first-order valence-corrected chi connectivity index (χ1v) is 10.8. The molecule has 3 aromatic heterocycles. The lowest BCUT2D eigenvalue weighted by atomic mass is 9.83. The average molecular weight is 402 g/mol. The quantitative estimate of drug-likeness (QED) is 0.510. The Labute approximate surface area is 174 Å². The molecule has 0 aliphatic heterocycles. The molecule has 0 atom stereocenters. The van der Waals surface area contributed by atoms with Crippen molar-refractivity contribution in [3.8, 4) is 0 Å². The van der Waals surface area contributed by atoms with Crippen LogP contribution in [0.1, 0.15) is 37.7 Å². The van der Waals surface area contributed by atoms with E-state index in [4.69, 9.17) is 0 Å². The molecule has 154 valence electrons. The molecule has 5 rings (SSSR count). The molecule has 0 amide bonds. The number of hydrogen-bond donors (Lipinski definition) is 1. The standard InChI is InChI=1S/C24H26N4O2/c29-23-20-10-12-25-16-22(20)27(14-11-17-5-3-6-17)24(30)28(23)13-4-7-18-15-26-21-9-2-1-8-19(18)21/h1-2,8-10,12,15-17,26H,3-7,11,13-14H2. The highest BCUT2D eigenvalue weighted by Crippen LogP contribution is 2.29. The number of aromatic amines is 1. The second-order valence-corrected chi connectivity index (χ2v) is 8.33. The van der Waals surface area contributed by atoms with Crippen LogP contribution in [0.25, 0.3) is 21.8 Å². The predicted molar refractivity (Wildman–Crippen MR) is 119 cm³/mol. The van der Waals surface area contributed by atoms with Crippen LogP contribution in [0.2, 0.25) is 0 Å². The van der Waals surface area contributed by atoms with Crippen LogP contribution in [0.5, 0.6) is 0 Å². The summed E-state index contributed by atoms with van der Waals surface area (Å²) in [6.45, 7) is 1.06. The molecule has 6 heteroatoms. The third-order valence-corrected chi connectivity index (χ3v) is 6.52. The zero-order chi connectivity index (χ0) is 20.5. The summed E-state index contributed by atoms with van der Waals surface area (Å²) in [6.07, 6.45) is 11.6. The van der Waals surface area contributed by atoms with Crippen LogP contribution in [0.15, 0.2) is 58.5 Å². The molecule has 0 radical (unpaired) electrons.